The minimum absolute atomic E-state index is 0.0367. The van der Waals surface area contributed by atoms with Gasteiger partial charge in [0.15, 0.2) is 5.76 Å². The molecule has 0 aliphatic rings. The zero-order chi connectivity index (χ0) is 21.8. The highest BCUT2D eigenvalue weighted by Gasteiger charge is 2.28. The molecule has 10 heteroatoms. The lowest BCUT2D eigenvalue weighted by atomic mass is 10.0. The molecule has 1 unspecified atom stereocenters. The first kappa shape index (κ1) is 21.9. The second-order valence-corrected chi connectivity index (χ2v) is 6.83. The Kier molecular flexibility index (Phi) is 6.81. The SMILES string of the molecule is CCC(NC(=O)c1ccc(Cn2nc(C(F)F)c(Cl)c2C(F)F)o1)c1ccccc1. The van der Waals surface area contributed by atoms with Crippen LogP contribution < -0.4 is 5.32 Å². The van der Waals surface area contributed by atoms with Gasteiger partial charge in [0.05, 0.1) is 17.6 Å². The number of amides is 1. The van der Waals surface area contributed by atoms with Gasteiger partial charge in [-0.1, -0.05) is 48.9 Å². The molecule has 1 atom stereocenters. The average Bonchev–Trinajstić information content (AvgIpc) is 3.31. The second-order valence-electron chi connectivity index (χ2n) is 6.45. The van der Waals surface area contributed by atoms with Crippen LogP contribution in [0.3, 0.4) is 0 Å². The number of aromatic nitrogens is 2. The van der Waals surface area contributed by atoms with E-state index in [-0.39, 0.29) is 24.1 Å². The third kappa shape index (κ3) is 4.67. The number of benzene rings is 1. The largest absolute Gasteiger partial charge is 0.454 e. The number of halogens is 5. The molecule has 2 aromatic heterocycles. The summed E-state index contributed by atoms with van der Waals surface area (Å²) in [5.41, 5.74) is -0.831. The summed E-state index contributed by atoms with van der Waals surface area (Å²) in [7, 11) is 0. The lowest BCUT2D eigenvalue weighted by Gasteiger charge is -2.16. The van der Waals surface area contributed by atoms with E-state index in [4.69, 9.17) is 16.0 Å². The number of alkyl halides is 4. The Bertz CT molecular complexity index is 1000. The van der Waals surface area contributed by atoms with Crippen LogP contribution in [-0.4, -0.2) is 15.7 Å². The molecule has 0 saturated carbocycles. The molecule has 0 fully saturated rings. The fourth-order valence-corrected chi connectivity index (χ4v) is 3.31. The normalized spacial score (nSPS) is 12.5. The monoisotopic (exact) mass is 443 g/mol. The van der Waals surface area contributed by atoms with Crippen LogP contribution in [0, 0.1) is 0 Å². The first-order chi connectivity index (χ1) is 14.3. The van der Waals surface area contributed by atoms with E-state index in [1.165, 1.54) is 12.1 Å². The number of nitrogens with one attached hydrogen (secondary N) is 1. The molecular formula is C20H18ClF4N3O2. The lowest BCUT2D eigenvalue weighted by molar-refractivity contribution is 0.0904. The van der Waals surface area contributed by atoms with E-state index in [1.54, 1.807) is 0 Å². The summed E-state index contributed by atoms with van der Waals surface area (Å²) in [6.45, 7) is 1.54. The maximum Gasteiger partial charge on any atom is 0.287 e. The van der Waals surface area contributed by atoms with Crippen LogP contribution in [0.25, 0.3) is 0 Å². The summed E-state index contributed by atoms with van der Waals surface area (Å²) in [4.78, 5) is 12.5. The van der Waals surface area contributed by atoms with Crippen molar-refractivity contribution in [2.75, 3.05) is 0 Å². The van der Waals surface area contributed by atoms with Gasteiger partial charge in [-0.15, -0.1) is 0 Å². The van der Waals surface area contributed by atoms with Crippen molar-refractivity contribution in [1.82, 2.24) is 15.1 Å². The number of nitrogens with zero attached hydrogens (tertiary/aromatic N) is 2. The first-order valence-corrected chi connectivity index (χ1v) is 9.46. The number of furan rings is 1. The van der Waals surface area contributed by atoms with Crippen molar-refractivity contribution in [1.29, 1.82) is 0 Å². The van der Waals surface area contributed by atoms with Crippen molar-refractivity contribution in [2.45, 2.75) is 38.8 Å². The molecular weight excluding hydrogens is 426 g/mol. The van der Waals surface area contributed by atoms with Crippen molar-refractivity contribution < 1.29 is 26.8 Å². The molecule has 0 spiro atoms. The van der Waals surface area contributed by atoms with Crippen molar-refractivity contribution >= 4 is 17.5 Å². The average molecular weight is 444 g/mol. The standard InChI is InChI=1S/C20H18ClF4N3O2/c1-2-13(11-6-4-3-5-7-11)26-20(29)14-9-8-12(30-14)10-28-17(19(24)25)15(21)16(27-28)18(22)23/h3-9,13,18-19H,2,10H2,1H3,(H,26,29). The third-order valence-corrected chi connectivity index (χ3v) is 4.86. The predicted molar refractivity (Wildman–Crippen MR) is 102 cm³/mol. The van der Waals surface area contributed by atoms with Gasteiger partial charge in [-0.2, -0.15) is 5.10 Å². The van der Waals surface area contributed by atoms with E-state index < -0.39 is 35.2 Å². The Labute approximate surface area is 174 Å². The summed E-state index contributed by atoms with van der Waals surface area (Å²) >= 11 is 5.63. The molecule has 1 N–H and O–H groups in total. The molecule has 0 bridgehead atoms. The van der Waals surface area contributed by atoms with Crippen LogP contribution in [-0.2, 0) is 6.54 Å². The van der Waals surface area contributed by atoms with Crippen molar-refractivity contribution in [3.8, 4) is 0 Å². The van der Waals surface area contributed by atoms with Gasteiger partial charge in [0.1, 0.15) is 17.1 Å². The number of hydrogen-bond donors (Lipinski definition) is 1. The molecule has 160 valence electrons. The highest BCUT2D eigenvalue weighted by atomic mass is 35.5. The molecule has 0 aliphatic carbocycles. The van der Waals surface area contributed by atoms with Gasteiger partial charge in [0.25, 0.3) is 18.8 Å². The molecule has 2 heterocycles. The van der Waals surface area contributed by atoms with Gasteiger partial charge in [-0.05, 0) is 24.1 Å². The van der Waals surface area contributed by atoms with Crippen molar-refractivity contribution in [2.24, 2.45) is 0 Å². The van der Waals surface area contributed by atoms with E-state index in [0.29, 0.717) is 11.1 Å². The van der Waals surface area contributed by atoms with Crippen LogP contribution in [0.5, 0.6) is 0 Å². The highest BCUT2D eigenvalue weighted by molar-refractivity contribution is 6.32. The zero-order valence-electron chi connectivity index (χ0n) is 15.8. The number of carbonyl (C=O) groups is 1. The Morgan fingerprint density at radius 2 is 1.83 bits per heavy atom. The fourth-order valence-electron chi connectivity index (χ4n) is 3.01. The van der Waals surface area contributed by atoms with Gasteiger partial charge in [0.2, 0.25) is 0 Å². The topological polar surface area (TPSA) is 60.1 Å². The molecule has 0 saturated heterocycles. The van der Waals surface area contributed by atoms with Gasteiger partial charge in [0, 0.05) is 0 Å². The highest BCUT2D eigenvalue weighted by Crippen LogP contribution is 2.35. The van der Waals surface area contributed by atoms with Gasteiger partial charge in [-0.25, -0.2) is 17.6 Å². The van der Waals surface area contributed by atoms with E-state index in [1.807, 2.05) is 37.3 Å². The lowest BCUT2D eigenvalue weighted by Crippen LogP contribution is -2.27. The number of carbonyl (C=O) groups excluding carboxylic acids is 1. The Morgan fingerprint density at radius 3 is 2.43 bits per heavy atom. The van der Waals surface area contributed by atoms with Gasteiger partial charge in [-0.3, -0.25) is 9.48 Å². The Balaban J connectivity index is 1.77. The molecule has 30 heavy (non-hydrogen) atoms. The van der Waals surface area contributed by atoms with Crippen LogP contribution >= 0.6 is 11.6 Å². The predicted octanol–water partition coefficient (Wildman–Crippen LogP) is 5.93. The summed E-state index contributed by atoms with van der Waals surface area (Å²) in [5, 5.41) is 5.53. The Hall–Kier alpha value is -2.81. The number of hydrogen-bond acceptors (Lipinski definition) is 3. The van der Waals surface area contributed by atoms with Crippen molar-refractivity contribution in [3.05, 3.63) is 76.0 Å². The smallest absolute Gasteiger partial charge is 0.287 e. The molecule has 0 radical (unpaired) electrons. The van der Waals surface area contributed by atoms with Gasteiger partial charge >= 0.3 is 0 Å². The van der Waals surface area contributed by atoms with Gasteiger partial charge < -0.3 is 9.73 Å². The van der Waals surface area contributed by atoms with E-state index in [9.17, 15) is 22.4 Å². The Morgan fingerprint density at radius 1 is 1.13 bits per heavy atom. The van der Waals surface area contributed by atoms with Crippen LogP contribution in [0.15, 0.2) is 46.9 Å². The van der Waals surface area contributed by atoms with E-state index in [2.05, 4.69) is 10.4 Å². The zero-order valence-corrected chi connectivity index (χ0v) is 16.5. The molecule has 1 amide bonds. The molecule has 5 nitrogen and oxygen atoms in total. The van der Waals surface area contributed by atoms with Crippen LogP contribution in [0.4, 0.5) is 17.6 Å². The van der Waals surface area contributed by atoms with E-state index >= 15 is 0 Å². The molecule has 3 aromatic rings. The summed E-state index contributed by atoms with van der Waals surface area (Å²) < 4.78 is 58.5. The second kappa shape index (κ2) is 9.34. The quantitative estimate of drug-likeness (QED) is 0.439. The van der Waals surface area contributed by atoms with Crippen LogP contribution in [0.1, 0.15) is 65.5 Å². The maximum absolute atomic E-state index is 13.3. The molecule has 3 rings (SSSR count). The molecule has 1 aromatic carbocycles. The summed E-state index contributed by atoms with van der Waals surface area (Å²) in [6, 6.07) is 11.9. The molecule has 0 aliphatic heterocycles. The fraction of sp³-hybridized carbons (Fsp3) is 0.300. The maximum atomic E-state index is 13.3. The first-order valence-electron chi connectivity index (χ1n) is 9.08. The summed E-state index contributed by atoms with van der Waals surface area (Å²) in [6.07, 6.45) is -5.56. The minimum Gasteiger partial charge on any atom is -0.454 e. The third-order valence-electron chi connectivity index (χ3n) is 4.48. The van der Waals surface area contributed by atoms with Crippen LogP contribution in [0.2, 0.25) is 5.02 Å². The minimum atomic E-state index is -3.11. The van der Waals surface area contributed by atoms with E-state index in [0.717, 1.165) is 5.56 Å². The van der Waals surface area contributed by atoms with Crippen molar-refractivity contribution in [3.63, 3.8) is 0 Å². The number of rotatable bonds is 8. The summed E-state index contributed by atoms with van der Waals surface area (Å²) in [5.74, 6) is -0.432.